The van der Waals surface area contributed by atoms with E-state index in [1.54, 1.807) is 0 Å². The predicted molar refractivity (Wildman–Crippen MR) is 357 cm³/mol. The zero-order chi connectivity index (χ0) is 64.1. The lowest BCUT2D eigenvalue weighted by molar-refractivity contribution is -0.159. The van der Waals surface area contributed by atoms with Gasteiger partial charge in [-0.25, -0.2) is 0 Å². The summed E-state index contributed by atoms with van der Waals surface area (Å²) in [7, 11) is 0. The van der Waals surface area contributed by atoms with Crippen molar-refractivity contribution in [3.8, 4) is 0 Å². The van der Waals surface area contributed by atoms with E-state index in [4.69, 9.17) is 28.4 Å². The Hall–Kier alpha value is -3.22. The second kappa shape index (κ2) is 63.0. The molecule has 4 saturated carbocycles. The molecule has 0 saturated heterocycles. The minimum absolute atomic E-state index is 0.00278. The highest BCUT2D eigenvalue weighted by atomic mass is 16.6. The Morgan fingerprint density at radius 3 is 1.03 bits per heavy atom. The first-order chi connectivity index (χ1) is 42.4. The predicted octanol–water partition coefficient (Wildman–Crippen LogP) is 19.6. The number of unbranched alkanes of at least 4 members (excludes halogenated alkanes) is 14. The number of carbonyl (C=O) groups excluding carboxylic acids is 6. The van der Waals surface area contributed by atoms with E-state index in [0.717, 1.165) is 134 Å². The summed E-state index contributed by atoms with van der Waals surface area (Å²) in [5.74, 6) is -0.242. The van der Waals surface area contributed by atoms with Crippen molar-refractivity contribution in [1.82, 2.24) is 4.90 Å². The molecule has 13 heteroatoms. The lowest BCUT2D eigenvalue weighted by atomic mass is 9.86. The number of hydrogen-bond acceptors (Lipinski definition) is 13. The van der Waals surface area contributed by atoms with Crippen LogP contribution in [0.5, 0.6) is 0 Å². The maximum Gasteiger partial charge on any atom is 0.308 e. The van der Waals surface area contributed by atoms with E-state index >= 15 is 0 Å². The largest absolute Gasteiger partial charge is 0.467 e. The summed E-state index contributed by atoms with van der Waals surface area (Å²) in [5.41, 5.74) is 0. The van der Waals surface area contributed by atoms with Gasteiger partial charge in [0.15, 0.2) is 0 Å². The fraction of sp³-hybridized carbons (Fsp3) is 0.919. The van der Waals surface area contributed by atoms with Gasteiger partial charge in [0.25, 0.3) is 6.47 Å². The summed E-state index contributed by atoms with van der Waals surface area (Å²) in [4.78, 5) is 74.4. The number of rotatable bonds is 43. The second-order valence-electron chi connectivity index (χ2n) is 26.1. The van der Waals surface area contributed by atoms with Crippen LogP contribution in [0.2, 0.25) is 0 Å². The van der Waals surface area contributed by atoms with Crippen LogP contribution in [0, 0.1) is 35.5 Å². The van der Waals surface area contributed by atoms with Crippen LogP contribution in [-0.2, 0) is 57.2 Å². The zero-order valence-electron chi connectivity index (χ0n) is 58.1. The van der Waals surface area contributed by atoms with Crippen molar-refractivity contribution in [3.05, 3.63) is 0 Å². The molecule has 1 unspecified atom stereocenters. The topological polar surface area (TPSA) is 161 Å². The van der Waals surface area contributed by atoms with Gasteiger partial charge in [0.1, 0.15) is 39.6 Å². The molecule has 4 fully saturated rings. The van der Waals surface area contributed by atoms with Crippen LogP contribution < -0.4 is 0 Å². The average Bonchev–Trinajstić information content (AvgIpc) is 3.63. The summed E-state index contributed by atoms with van der Waals surface area (Å²) in [6.07, 6.45) is 54.0. The third-order valence-corrected chi connectivity index (χ3v) is 17.8. The van der Waals surface area contributed by atoms with Crippen molar-refractivity contribution >= 4 is 36.3 Å². The molecule has 4 aliphatic carbocycles. The van der Waals surface area contributed by atoms with Crippen molar-refractivity contribution in [2.75, 3.05) is 59.3 Å². The second-order valence-corrected chi connectivity index (χ2v) is 26.1. The number of carbonyl (C=O) groups is 6. The Bertz CT molecular complexity index is 1500. The molecule has 87 heavy (non-hydrogen) atoms. The van der Waals surface area contributed by atoms with Gasteiger partial charge in [-0.2, -0.15) is 0 Å². The van der Waals surface area contributed by atoms with Crippen LogP contribution in [0.1, 0.15) is 344 Å². The van der Waals surface area contributed by atoms with Gasteiger partial charge in [-0.05, 0) is 89.3 Å². The first kappa shape index (κ1) is 83.8. The number of hydrogen-bond donors (Lipinski definition) is 0. The van der Waals surface area contributed by atoms with Crippen molar-refractivity contribution in [2.24, 2.45) is 35.5 Å². The van der Waals surface area contributed by atoms with Gasteiger partial charge < -0.3 is 33.3 Å². The van der Waals surface area contributed by atoms with Crippen LogP contribution in [0.25, 0.3) is 0 Å². The Labute approximate surface area is 535 Å². The van der Waals surface area contributed by atoms with Crippen LogP contribution in [0.15, 0.2) is 0 Å². The van der Waals surface area contributed by atoms with Crippen molar-refractivity contribution in [2.45, 2.75) is 344 Å². The van der Waals surface area contributed by atoms with E-state index in [0.29, 0.717) is 32.2 Å². The van der Waals surface area contributed by atoms with E-state index in [9.17, 15) is 28.8 Å². The molecule has 4 rings (SSSR count). The Balaban J connectivity index is 0.00000184. The van der Waals surface area contributed by atoms with E-state index in [-0.39, 0.29) is 75.4 Å². The summed E-state index contributed by atoms with van der Waals surface area (Å²) in [5, 5.41) is 0. The van der Waals surface area contributed by atoms with Crippen LogP contribution >= 0.6 is 0 Å². The van der Waals surface area contributed by atoms with Gasteiger partial charge in [0.2, 0.25) is 0 Å². The number of nitrogens with zero attached hydrogens (tertiary/aromatic N) is 1. The van der Waals surface area contributed by atoms with Gasteiger partial charge in [-0.15, -0.1) is 0 Å². The highest BCUT2D eigenvalue weighted by Gasteiger charge is 2.27. The molecular formula is C74H139NO12. The molecule has 4 aliphatic rings. The zero-order valence-corrected chi connectivity index (χ0v) is 58.1. The molecule has 512 valence electrons. The first-order valence-electron chi connectivity index (χ1n) is 37.0. The smallest absolute Gasteiger partial charge is 0.308 e. The SMILES string of the molecule is CCCCC.CCCCC.CCCCCC1CCCCC1.CCCCCC1CCCCC1.CCCCCN(CCCCCC(=O)OCC(COC=O)COC(C)=O)CCCCCC(=O)OCC(COC(=O)C1CCCCC1)COC(=O)C1CCCCC1. The molecule has 0 bridgehead atoms. The molecule has 0 N–H and O–H groups in total. The lowest BCUT2D eigenvalue weighted by Gasteiger charge is -2.24. The van der Waals surface area contributed by atoms with Gasteiger partial charge in [-0.3, -0.25) is 28.8 Å². The quantitative estimate of drug-likeness (QED) is 0.0246. The van der Waals surface area contributed by atoms with E-state index in [2.05, 4.69) is 53.4 Å². The summed E-state index contributed by atoms with van der Waals surface area (Å²) in [6.45, 7) is 20.3. The third-order valence-electron chi connectivity index (χ3n) is 17.8. The fourth-order valence-corrected chi connectivity index (χ4v) is 12.1. The maximum atomic E-state index is 12.7. The lowest BCUT2D eigenvalue weighted by Crippen LogP contribution is -2.30. The van der Waals surface area contributed by atoms with E-state index in [1.807, 2.05) is 0 Å². The number of ether oxygens (including phenoxy) is 6. The van der Waals surface area contributed by atoms with E-state index in [1.165, 1.54) is 167 Å². The molecule has 0 radical (unpaired) electrons. The molecule has 0 amide bonds. The standard InChI is InChI=1S/C42H71NO12.2C11H22.2C5H12/c1-3-4-15-24-43(25-16-7-13-22-39(46)52-29-35(27-50-33-44)28-51-34(2)45)26-17-8-14-23-40(47)53-30-36(31-54-41(48)37-18-9-5-10-19-37)32-55-42(49)38-20-11-6-12-21-38;2*1-2-3-5-8-11-9-6-4-7-10-11;2*1-3-5-4-2/h33,35-38H,3-32H2,1-2H3;2*11H,2-10H2,1H3;2*3-5H2,1-2H3. The minimum atomic E-state index is -0.454. The van der Waals surface area contributed by atoms with Crippen LogP contribution in [0.4, 0.5) is 0 Å². The van der Waals surface area contributed by atoms with Crippen molar-refractivity contribution in [1.29, 1.82) is 0 Å². The van der Waals surface area contributed by atoms with Crippen molar-refractivity contribution in [3.63, 3.8) is 0 Å². The highest BCUT2D eigenvalue weighted by molar-refractivity contribution is 5.73. The number of esters is 5. The van der Waals surface area contributed by atoms with Gasteiger partial charge >= 0.3 is 29.8 Å². The van der Waals surface area contributed by atoms with Gasteiger partial charge in [0.05, 0.1) is 23.7 Å². The average molecular weight is 1230 g/mol. The monoisotopic (exact) mass is 1230 g/mol. The molecular weight excluding hydrogens is 1090 g/mol. The van der Waals surface area contributed by atoms with Gasteiger partial charge in [0, 0.05) is 19.8 Å². The Kier molecular flexibility index (Phi) is 60.6. The summed E-state index contributed by atoms with van der Waals surface area (Å²) >= 11 is 0. The van der Waals surface area contributed by atoms with Crippen molar-refractivity contribution < 1.29 is 57.2 Å². The van der Waals surface area contributed by atoms with E-state index < -0.39 is 17.8 Å². The third kappa shape index (κ3) is 53.2. The molecule has 0 aliphatic heterocycles. The van der Waals surface area contributed by atoms with Crippen LogP contribution in [-0.4, -0.2) is 100 Å². The summed E-state index contributed by atoms with van der Waals surface area (Å²) in [6, 6.07) is 0. The molecule has 0 heterocycles. The fourth-order valence-electron chi connectivity index (χ4n) is 12.1. The molecule has 0 aromatic carbocycles. The highest BCUT2D eigenvalue weighted by Crippen LogP contribution is 2.30. The Morgan fingerprint density at radius 2 is 0.690 bits per heavy atom. The van der Waals surface area contributed by atoms with Gasteiger partial charge in [-0.1, -0.05) is 267 Å². The molecule has 0 aromatic rings. The summed E-state index contributed by atoms with van der Waals surface area (Å²) < 4.78 is 31.9. The Morgan fingerprint density at radius 1 is 0.368 bits per heavy atom. The molecule has 13 nitrogen and oxygen atoms in total. The molecule has 0 spiro atoms. The minimum Gasteiger partial charge on any atom is -0.467 e. The normalized spacial score (nSPS) is 16.0. The maximum absolute atomic E-state index is 12.7. The first-order valence-corrected chi connectivity index (χ1v) is 37.0. The van der Waals surface area contributed by atoms with Crippen LogP contribution in [0.3, 0.4) is 0 Å². The molecule has 1 atom stereocenters. The molecule has 0 aromatic heterocycles.